The van der Waals surface area contributed by atoms with Crippen LogP contribution in [0.15, 0.2) is 18.3 Å². The van der Waals surface area contributed by atoms with Crippen molar-refractivity contribution >= 4 is 10.2 Å². The van der Waals surface area contributed by atoms with Gasteiger partial charge in [-0.05, 0) is 38.1 Å². The van der Waals surface area contributed by atoms with Gasteiger partial charge in [0.15, 0.2) is 0 Å². The highest BCUT2D eigenvalue weighted by Crippen LogP contribution is 2.04. The van der Waals surface area contributed by atoms with E-state index in [9.17, 15) is 8.42 Å². The normalized spacial score (nSPS) is 12.0. The fraction of sp³-hybridized carbons (Fsp3) is 0.615. The zero-order valence-corrected chi connectivity index (χ0v) is 13.2. The van der Waals surface area contributed by atoms with Gasteiger partial charge in [-0.1, -0.05) is 13.0 Å². The maximum atomic E-state index is 12.0. The molecule has 0 radical (unpaired) electrons. The van der Waals surface area contributed by atoms with Crippen LogP contribution in [0.2, 0.25) is 0 Å². The summed E-state index contributed by atoms with van der Waals surface area (Å²) in [5.41, 5.74) is 1.72. The van der Waals surface area contributed by atoms with Crippen LogP contribution in [0.25, 0.3) is 0 Å². The maximum absolute atomic E-state index is 12.0. The Morgan fingerprint density at radius 3 is 2.80 bits per heavy atom. The molecule has 7 heteroatoms. The molecule has 0 fully saturated rings. The van der Waals surface area contributed by atoms with Crippen LogP contribution in [0.3, 0.4) is 0 Å². The number of hydrogen-bond donors (Lipinski definition) is 2. The quantitative estimate of drug-likeness (QED) is 0.657. The topological polar surface area (TPSA) is 74.3 Å². The first-order valence-corrected chi connectivity index (χ1v) is 8.23. The lowest BCUT2D eigenvalue weighted by Gasteiger charge is -2.17. The Kier molecular flexibility index (Phi) is 7.08. The predicted molar refractivity (Wildman–Crippen MR) is 80.5 cm³/mol. The van der Waals surface area contributed by atoms with Crippen molar-refractivity contribution in [3.8, 4) is 0 Å². The highest BCUT2D eigenvalue weighted by Gasteiger charge is 2.17. The predicted octanol–water partition coefficient (Wildman–Crippen LogP) is 0.656. The summed E-state index contributed by atoms with van der Waals surface area (Å²) in [6.45, 7) is 6.35. The van der Waals surface area contributed by atoms with Crippen molar-refractivity contribution in [2.75, 3.05) is 26.7 Å². The Labute approximate surface area is 121 Å². The zero-order chi connectivity index (χ0) is 15.0. The van der Waals surface area contributed by atoms with E-state index < -0.39 is 10.2 Å². The summed E-state index contributed by atoms with van der Waals surface area (Å²) >= 11 is 0. The number of hydrogen-bond acceptors (Lipinski definition) is 4. The van der Waals surface area contributed by atoms with Crippen molar-refractivity contribution in [3.63, 3.8) is 0 Å². The van der Waals surface area contributed by atoms with Gasteiger partial charge in [0.2, 0.25) is 0 Å². The maximum Gasteiger partial charge on any atom is 0.279 e. The molecule has 0 amide bonds. The van der Waals surface area contributed by atoms with Crippen molar-refractivity contribution in [2.45, 2.75) is 26.8 Å². The van der Waals surface area contributed by atoms with Gasteiger partial charge in [-0.3, -0.25) is 4.98 Å². The molecule has 0 aliphatic heterocycles. The smallest absolute Gasteiger partial charge is 0.279 e. The van der Waals surface area contributed by atoms with Crippen LogP contribution in [-0.2, 0) is 16.8 Å². The molecule has 0 spiro atoms. The number of aromatic nitrogens is 1. The lowest BCUT2D eigenvalue weighted by atomic mass is 10.2. The van der Waals surface area contributed by atoms with Crippen LogP contribution in [-0.4, -0.2) is 44.4 Å². The van der Waals surface area contributed by atoms with E-state index in [0.29, 0.717) is 6.54 Å². The molecule has 1 aromatic heterocycles. The van der Waals surface area contributed by atoms with E-state index in [2.05, 4.69) is 15.0 Å². The molecule has 0 aliphatic carbocycles. The van der Waals surface area contributed by atoms with Crippen molar-refractivity contribution in [1.82, 2.24) is 19.3 Å². The lowest BCUT2D eigenvalue weighted by molar-refractivity contribution is 0.445. The molecular formula is C13H24N4O2S. The van der Waals surface area contributed by atoms with E-state index in [1.54, 1.807) is 13.2 Å². The number of nitrogens with zero attached hydrogens (tertiary/aromatic N) is 2. The summed E-state index contributed by atoms with van der Waals surface area (Å²) in [4.78, 5) is 4.17. The second kappa shape index (κ2) is 8.31. The first-order chi connectivity index (χ1) is 9.47. The van der Waals surface area contributed by atoms with E-state index in [-0.39, 0.29) is 6.54 Å². The van der Waals surface area contributed by atoms with Gasteiger partial charge in [-0.25, -0.2) is 0 Å². The Morgan fingerprint density at radius 2 is 2.15 bits per heavy atom. The molecular weight excluding hydrogens is 276 g/mol. The molecule has 1 heterocycles. The number of nitrogens with one attached hydrogen (secondary N) is 2. The third-order valence-electron chi connectivity index (χ3n) is 3.03. The minimum absolute atomic E-state index is 0.215. The van der Waals surface area contributed by atoms with Crippen molar-refractivity contribution in [3.05, 3.63) is 29.6 Å². The summed E-state index contributed by atoms with van der Waals surface area (Å²) in [6.07, 6.45) is 2.45. The van der Waals surface area contributed by atoms with E-state index in [1.165, 1.54) is 4.31 Å². The SMILES string of the molecule is CCNCCCN(C)S(=O)(=O)NCc1ncccc1C. The molecule has 1 aromatic rings. The average molecular weight is 300 g/mol. The summed E-state index contributed by atoms with van der Waals surface area (Å²) < 4.78 is 28.0. The van der Waals surface area contributed by atoms with Crippen LogP contribution in [0.1, 0.15) is 24.6 Å². The van der Waals surface area contributed by atoms with Crippen LogP contribution in [0, 0.1) is 6.92 Å². The highest BCUT2D eigenvalue weighted by atomic mass is 32.2. The van der Waals surface area contributed by atoms with Crippen LogP contribution in [0.5, 0.6) is 0 Å². The van der Waals surface area contributed by atoms with E-state index in [1.807, 2.05) is 26.0 Å². The van der Waals surface area contributed by atoms with E-state index in [4.69, 9.17) is 0 Å². The Hall–Kier alpha value is -1.02. The lowest BCUT2D eigenvalue weighted by Crippen LogP contribution is -2.39. The molecule has 2 N–H and O–H groups in total. The minimum atomic E-state index is -3.45. The summed E-state index contributed by atoms with van der Waals surface area (Å²) in [5.74, 6) is 0. The molecule has 0 saturated heterocycles. The minimum Gasteiger partial charge on any atom is -0.317 e. The van der Waals surface area contributed by atoms with Crippen molar-refractivity contribution in [1.29, 1.82) is 0 Å². The summed E-state index contributed by atoms with van der Waals surface area (Å²) in [5, 5.41) is 3.17. The highest BCUT2D eigenvalue weighted by molar-refractivity contribution is 7.87. The fourth-order valence-electron chi connectivity index (χ4n) is 1.70. The second-order valence-corrected chi connectivity index (χ2v) is 6.48. The molecule has 1 rings (SSSR count). The third kappa shape index (κ3) is 5.54. The Balaban J connectivity index is 2.46. The molecule has 0 bridgehead atoms. The standard InChI is InChI=1S/C13H24N4O2S/c1-4-14-8-6-10-17(3)20(18,19)16-11-13-12(2)7-5-9-15-13/h5,7,9,14,16H,4,6,8,10-11H2,1-3H3. The first kappa shape index (κ1) is 17.0. The summed E-state index contributed by atoms with van der Waals surface area (Å²) in [7, 11) is -1.86. The van der Waals surface area contributed by atoms with Gasteiger partial charge in [0.1, 0.15) is 0 Å². The van der Waals surface area contributed by atoms with Gasteiger partial charge in [0.25, 0.3) is 10.2 Å². The number of rotatable bonds is 9. The molecule has 20 heavy (non-hydrogen) atoms. The molecule has 0 aromatic carbocycles. The van der Waals surface area contributed by atoms with Crippen molar-refractivity contribution < 1.29 is 8.42 Å². The van der Waals surface area contributed by atoms with E-state index >= 15 is 0 Å². The molecule has 6 nitrogen and oxygen atoms in total. The van der Waals surface area contributed by atoms with Gasteiger partial charge in [0, 0.05) is 19.8 Å². The molecule has 114 valence electrons. The van der Waals surface area contributed by atoms with Gasteiger partial charge in [0.05, 0.1) is 12.2 Å². The Morgan fingerprint density at radius 1 is 1.40 bits per heavy atom. The van der Waals surface area contributed by atoms with Crippen LogP contribution >= 0.6 is 0 Å². The van der Waals surface area contributed by atoms with Crippen LogP contribution in [0.4, 0.5) is 0 Å². The second-order valence-electron chi connectivity index (χ2n) is 4.62. The van der Waals surface area contributed by atoms with Gasteiger partial charge < -0.3 is 5.32 Å². The average Bonchev–Trinajstić information content (AvgIpc) is 2.42. The molecule has 0 aliphatic rings. The largest absolute Gasteiger partial charge is 0.317 e. The molecule has 0 saturated carbocycles. The van der Waals surface area contributed by atoms with E-state index in [0.717, 1.165) is 30.8 Å². The zero-order valence-electron chi connectivity index (χ0n) is 12.4. The number of aryl methyl sites for hydroxylation is 1. The van der Waals surface area contributed by atoms with Crippen molar-refractivity contribution in [2.24, 2.45) is 0 Å². The Bertz CT molecular complexity index is 505. The fourth-order valence-corrected chi connectivity index (χ4v) is 2.61. The third-order valence-corrected chi connectivity index (χ3v) is 4.54. The van der Waals surface area contributed by atoms with Gasteiger partial charge in [-0.2, -0.15) is 17.4 Å². The monoisotopic (exact) mass is 300 g/mol. The number of pyridine rings is 1. The van der Waals surface area contributed by atoms with Crippen LogP contribution < -0.4 is 10.0 Å². The first-order valence-electron chi connectivity index (χ1n) is 6.79. The van der Waals surface area contributed by atoms with Gasteiger partial charge >= 0.3 is 0 Å². The van der Waals surface area contributed by atoms with Gasteiger partial charge in [-0.15, -0.1) is 0 Å². The molecule has 0 atom stereocenters. The summed E-state index contributed by atoms with van der Waals surface area (Å²) in [6, 6.07) is 3.75. The molecule has 0 unspecified atom stereocenters.